The molecule has 0 unspecified atom stereocenters. The molecule has 0 aliphatic rings. The van der Waals surface area contributed by atoms with Crippen molar-refractivity contribution in [3.8, 4) is 11.5 Å². The first-order valence-electron chi connectivity index (χ1n) is 5.44. The van der Waals surface area contributed by atoms with Gasteiger partial charge in [0.05, 0.1) is 12.2 Å². The minimum Gasteiger partial charge on any atom is -0.489 e. The van der Waals surface area contributed by atoms with E-state index in [0.29, 0.717) is 30.1 Å². The van der Waals surface area contributed by atoms with E-state index in [4.69, 9.17) is 9.47 Å². The largest absolute Gasteiger partial charge is 0.489 e. The minimum atomic E-state index is -0.478. The predicted molar refractivity (Wildman–Crippen MR) is 63.5 cm³/mol. The number of para-hydroxylation sites is 1. The van der Waals surface area contributed by atoms with Gasteiger partial charge in [0.1, 0.15) is 0 Å². The molecular formula is C13H16O4. The molecule has 92 valence electrons. The van der Waals surface area contributed by atoms with Gasteiger partial charge in [-0.25, -0.2) is 0 Å². The van der Waals surface area contributed by atoms with Crippen molar-refractivity contribution in [3.05, 3.63) is 23.8 Å². The summed E-state index contributed by atoms with van der Waals surface area (Å²) in [6.45, 7) is 5.80. The first-order valence-corrected chi connectivity index (χ1v) is 5.44. The zero-order valence-electron chi connectivity index (χ0n) is 10.2. The summed E-state index contributed by atoms with van der Waals surface area (Å²) in [7, 11) is 0. The second-order valence-corrected chi connectivity index (χ2v) is 4.09. The lowest BCUT2D eigenvalue weighted by atomic mass is 10.2. The van der Waals surface area contributed by atoms with Crippen molar-refractivity contribution >= 4 is 12.3 Å². The molecule has 0 aliphatic heterocycles. The quantitative estimate of drug-likeness (QED) is 0.447. The van der Waals surface area contributed by atoms with E-state index in [-0.39, 0.29) is 5.75 Å². The molecule has 0 aliphatic carbocycles. The van der Waals surface area contributed by atoms with Crippen LogP contribution < -0.4 is 9.47 Å². The van der Waals surface area contributed by atoms with Gasteiger partial charge in [-0.2, -0.15) is 0 Å². The molecule has 0 atom stereocenters. The normalized spacial score (nSPS) is 10.1. The van der Waals surface area contributed by atoms with Crippen LogP contribution in [0.3, 0.4) is 0 Å². The van der Waals surface area contributed by atoms with Gasteiger partial charge in [-0.15, -0.1) is 0 Å². The average molecular weight is 236 g/mol. The number of ether oxygens (including phenoxy) is 2. The number of hydrogen-bond donors (Lipinski definition) is 0. The van der Waals surface area contributed by atoms with Gasteiger partial charge in [0.25, 0.3) is 0 Å². The van der Waals surface area contributed by atoms with E-state index >= 15 is 0 Å². The highest BCUT2D eigenvalue weighted by Crippen LogP contribution is 2.30. The van der Waals surface area contributed by atoms with Gasteiger partial charge in [-0.05, 0) is 18.1 Å². The molecule has 17 heavy (non-hydrogen) atoms. The third-order valence-corrected chi connectivity index (χ3v) is 1.95. The Morgan fingerprint density at radius 2 is 2.12 bits per heavy atom. The Bertz CT molecular complexity index is 410. The van der Waals surface area contributed by atoms with Crippen LogP contribution in [0.2, 0.25) is 0 Å². The SMILES string of the molecule is CC(=O)Oc1c(C=O)cccc1OCC(C)C. The molecular weight excluding hydrogens is 220 g/mol. The molecule has 0 aromatic heterocycles. The molecule has 0 bridgehead atoms. The second-order valence-electron chi connectivity index (χ2n) is 4.09. The molecule has 0 amide bonds. The van der Waals surface area contributed by atoms with E-state index in [9.17, 15) is 9.59 Å². The predicted octanol–water partition coefficient (Wildman–Crippen LogP) is 2.46. The van der Waals surface area contributed by atoms with E-state index in [0.717, 1.165) is 0 Å². The van der Waals surface area contributed by atoms with E-state index in [1.807, 2.05) is 13.8 Å². The third kappa shape index (κ3) is 3.90. The van der Waals surface area contributed by atoms with Gasteiger partial charge in [-0.1, -0.05) is 19.9 Å². The first kappa shape index (κ1) is 13.2. The molecule has 1 aromatic rings. The Labute approximate surface area is 101 Å². The van der Waals surface area contributed by atoms with Crippen LogP contribution in [0, 0.1) is 5.92 Å². The van der Waals surface area contributed by atoms with Crippen LogP contribution >= 0.6 is 0 Å². The fourth-order valence-electron chi connectivity index (χ4n) is 1.25. The van der Waals surface area contributed by atoms with Crippen molar-refractivity contribution in [1.82, 2.24) is 0 Å². The number of carbonyl (C=O) groups excluding carboxylic acids is 2. The standard InChI is InChI=1S/C13H16O4/c1-9(2)8-16-12-6-4-5-11(7-14)13(12)17-10(3)15/h4-7,9H,8H2,1-3H3. The summed E-state index contributed by atoms with van der Waals surface area (Å²) in [5.74, 6) is 0.475. The Hall–Kier alpha value is -1.84. The van der Waals surface area contributed by atoms with E-state index in [1.54, 1.807) is 18.2 Å². The molecule has 0 saturated heterocycles. The topological polar surface area (TPSA) is 52.6 Å². The van der Waals surface area contributed by atoms with Gasteiger partial charge in [0, 0.05) is 6.92 Å². The summed E-state index contributed by atoms with van der Waals surface area (Å²) in [6.07, 6.45) is 0.639. The summed E-state index contributed by atoms with van der Waals surface area (Å²) in [5.41, 5.74) is 0.307. The average Bonchev–Trinajstić information content (AvgIpc) is 2.26. The molecule has 4 heteroatoms. The molecule has 0 spiro atoms. The van der Waals surface area contributed by atoms with E-state index in [1.165, 1.54) is 6.92 Å². The van der Waals surface area contributed by atoms with Crippen LogP contribution in [0.15, 0.2) is 18.2 Å². The lowest BCUT2D eigenvalue weighted by Crippen LogP contribution is -2.09. The summed E-state index contributed by atoms with van der Waals surface area (Å²) < 4.78 is 10.5. The summed E-state index contributed by atoms with van der Waals surface area (Å²) in [5, 5.41) is 0. The zero-order valence-corrected chi connectivity index (χ0v) is 10.2. The molecule has 1 rings (SSSR count). The van der Waals surface area contributed by atoms with Crippen molar-refractivity contribution in [2.24, 2.45) is 5.92 Å². The summed E-state index contributed by atoms with van der Waals surface area (Å²) in [6, 6.07) is 4.94. The smallest absolute Gasteiger partial charge is 0.308 e. The highest BCUT2D eigenvalue weighted by molar-refractivity contribution is 5.83. The van der Waals surface area contributed by atoms with Gasteiger partial charge >= 0.3 is 5.97 Å². The van der Waals surface area contributed by atoms with Crippen molar-refractivity contribution in [2.75, 3.05) is 6.61 Å². The van der Waals surface area contributed by atoms with E-state index < -0.39 is 5.97 Å². The van der Waals surface area contributed by atoms with Crippen LogP contribution in [0.25, 0.3) is 0 Å². The summed E-state index contributed by atoms with van der Waals surface area (Å²) in [4.78, 5) is 21.8. The number of hydrogen-bond acceptors (Lipinski definition) is 4. The molecule has 0 saturated carbocycles. The van der Waals surface area contributed by atoms with Crippen LogP contribution in [0.4, 0.5) is 0 Å². The van der Waals surface area contributed by atoms with Gasteiger partial charge < -0.3 is 9.47 Å². The Balaban J connectivity index is 3.01. The third-order valence-electron chi connectivity index (χ3n) is 1.95. The highest BCUT2D eigenvalue weighted by Gasteiger charge is 2.13. The number of aldehydes is 1. The van der Waals surface area contributed by atoms with E-state index in [2.05, 4.69) is 0 Å². The molecule has 0 heterocycles. The summed E-state index contributed by atoms with van der Waals surface area (Å²) >= 11 is 0. The zero-order chi connectivity index (χ0) is 12.8. The maximum Gasteiger partial charge on any atom is 0.308 e. The monoisotopic (exact) mass is 236 g/mol. The van der Waals surface area contributed by atoms with Crippen LogP contribution in [-0.2, 0) is 4.79 Å². The van der Waals surface area contributed by atoms with Crippen molar-refractivity contribution < 1.29 is 19.1 Å². The molecule has 0 N–H and O–H groups in total. The van der Waals surface area contributed by atoms with Crippen LogP contribution in [0.1, 0.15) is 31.1 Å². The molecule has 4 nitrogen and oxygen atoms in total. The van der Waals surface area contributed by atoms with Crippen LogP contribution in [-0.4, -0.2) is 18.9 Å². The molecule has 0 radical (unpaired) electrons. The highest BCUT2D eigenvalue weighted by atomic mass is 16.6. The van der Waals surface area contributed by atoms with Crippen molar-refractivity contribution in [3.63, 3.8) is 0 Å². The maximum absolute atomic E-state index is 11.0. The van der Waals surface area contributed by atoms with Gasteiger partial charge in [-0.3, -0.25) is 9.59 Å². The fourth-order valence-corrected chi connectivity index (χ4v) is 1.25. The number of esters is 1. The van der Waals surface area contributed by atoms with Gasteiger partial charge in [0.15, 0.2) is 17.8 Å². The number of rotatable bonds is 5. The Kier molecular flexibility index (Phi) is 4.69. The van der Waals surface area contributed by atoms with Gasteiger partial charge in [0.2, 0.25) is 0 Å². The number of carbonyl (C=O) groups is 2. The number of benzene rings is 1. The fraction of sp³-hybridized carbons (Fsp3) is 0.385. The van der Waals surface area contributed by atoms with Crippen molar-refractivity contribution in [1.29, 1.82) is 0 Å². The first-order chi connectivity index (χ1) is 8.04. The second kappa shape index (κ2) is 6.03. The lowest BCUT2D eigenvalue weighted by Gasteiger charge is -2.13. The molecule has 0 fully saturated rings. The maximum atomic E-state index is 11.0. The van der Waals surface area contributed by atoms with Crippen molar-refractivity contribution in [2.45, 2.75) is 20.8 Å². The molecule has 1 aromatic carbocycles. The lowest BCUT2D eigenvalue weighted by molar-refractivity contribution is -0.132. The minimum absolute atomic E-state index is 0.190. The Morgan fingerprint density at radius 3 is 2.65 bits per heavy atom. The van der Waals surface area contributed by atoms with Crippen LogP contribution in [0.5, 0.6) is 11.5 Å². The Morgan fingerprint density at radius 1 is 1.41 bits per heavy atom.